The summed E-state index contributed by atoms with van der Waals surface area (Å²) >= 11 is 1.71. The normalized spacial score (nSPS) is 10.9. The van der Waals surface area contributed by atoms with Gasteiger partial charge in [-0.1, -0.05) is 116 Å². The third-order valence-corrected chi connectivity index (χ3v) is 8.77. The monoisotopic (exact) mass is 446 g/mol. The maximum atomic E-state index is 4.46. The number of thiophene rings is 1. The van der Waals surface area contributed by atoms with Gasteiger partial charge in [0.05, 0.1) is 0 Å². The van der Waals surface area contributed by atoms with Gasteiger partial charge in [0.25, 0.3) is 0 Å². The molecular weight excluding hydrogens is 423 g/mol. The lowest BCUT2D eigenvalue weighted by molar-refractivity contribution is 1.57. The average molecular weight is 447 g/mol. The molecule has 32 heavy (non-hydrogen) atoms. The second-order valence-corrected chi connectivity index (χ2v) is 10.5. The quantitative estimate of drug-likeness (QED) is 0.241. The molecule has 0 aliphatic heterocycles. The average Bonchev–Trinajstić information content (AvgIpc) is 3.41. The number of rotatable bonds is 6. The van der Waals surface area contributed by atoms with E-state index in [1.165, 1.54) is 38.2 Å². The molecule has 1 aromatic heterocycles. The molecule has 5 rings (SSSR count). The summed E-state index contributed by atoms with van der Waals surface area (Å²) in [6, 6.07) is 41.4. The van der Waals surface area contributed by atoms with Crippen LogP contribution in [0.25, 0.3) is 16.7 Å². The van der Waals surface area contributed by atoms with Crippen LogP contribution in [0.1, 0.15) is 11.1 Å². The van der Waals surface area contributed by atoms with E-state index in [1.807, 2.05) is 0 Å². The first-order valence-electron chi connectivity index (χ1n) is 10.6. The summed E-state index contributed by atoms with van der Waals surface area (Å²) in [6.07, 6.45) is 0. The van der Waals surface area contributed by atoms with E-state index in [0.29, 0.717) is 0 Å². The lowest BCUT2D eigenvalue weighted by Gasteiger charge is -2.23. The molecule has 0 bridgehead atoms. The molecule has 0 unspecified atom stereocenters. The van der Waals surface area contributed by atoms with Gasteiger partial charge < -0.3 is 0 Å². The van der Waals surface area contributed by atoms with Crippen molar-refractivity contribution in [2.45, 2.75) is 0 Å². The van der Waals surface area contributed by atoms with Gasteiger partial charge in [-0.3, -0.25) is 0 Å². The first-order chi connectivity index (χ1) is 15.8. The van der Waals surface area contributed by atoms with Gasteiger partial charge in [0, 0.05) is 0 Å². The van der Waals surface area contributed by atoms with E-state index in [9.17, 15) is 0 Å². The van der Waals surface area contributed by atoms with E-state index in [-0.39, 0.29) is 0 Å². The van der Waals surface area contributed by atoms with Crippen LogP contribution in [0.3, 0.4) is 0 Å². The van der Waals surface area contributed by atoms with Crippen molar-refractivity contribution in [1.82, 2.24) is 0 Å². The Bertz CT molecular complexity index is 1280. The largest absolute Gasteiger partial charge is 0.152 e. The number of hydrogen-bond donors (Lipinski definition) is 0. The van der Waals surface area contributed by atoms with Gasteiger partial charge in [-0.05, 0) is 68.5 Å². The zero-order valence-corrected chi connectivity index (χ0v) is 19.4. The highest BCUT2D eigenvalue weighted by Gasteiger charge is 2.21. The molecule has 1 heterocycles. The van der Waals surface area contributed by atoms with Gasteiger partial charge in [-0.15, -0.1) is 0 Å². The Kier molecular flexibility index (Phi) is 6.12. The van der Waals surface area contributed by atoms with Crippen LogP contribution in [0.2, 0.25) is 0 Å². The van der Waals surface area contributed by atoms with Crippen molar-refractivity contribution in [3.63, 3.8) is 0 Å². The van der Waals surface area contributed by atoms with Crippen LogP contribution in [0.4, 0.5) is 0 Å². The summed E-state index contributed by atoms with van der Waals surface area (Å²) in [5.74, 6) is 0. The van der Waals surface area contributed by atoms with Crippen molar-refractivity contribution in [2.24, 2.45) is 0 Å². The molecule has 0 N–H and O–H groups in total. The van der Waals surface area contributed by atoms with Crippen LogP contribution in [-0.4, -0.2) is 0 Å². The highest BCUT2D eigenvalue weighted by molar-refractivity contribution is 7.80. The predicted molar refractivity (Wildman–Crippen MR) is 143 cm³/mol. The molecular formula is C30H23PS. The number of hydrogen-bond acceptors (Lipinski definition) is 1. The lowest BCUT2D eigenvalue weighted by Crippen LogP contribution is -2.22. The first-order valence-corrected chi connectivity index (χ1v) is 12.9. The van der Waals surface area contributed by atoms with E-state index in [2.05, 4.69) is 133 Å². The van der Waals surface area contributed by atoms with Crippen molar-refractivity contribution in [1.29, 1.82) is 0 Å². The van der Waals surface area contributed by atoms with E-state index in [0.717, 1.165) is 5.57 Å². The smallest absolute Gasteiger partial charge is 0.00147 e. The maximum Gasteiger partial charge on any atom is -0.00147 e. The maximum absolute atomic E-state index is 4.46. The molecule has 0 spiro atoms. The zero-order valence-electron chi connectivity index (χ0n) is 17.7. The topological polar surface area (TPSA) is 0 Å². The summed E-state index contributed by atoms with van der Waals surface area (Å²) in [4.78, 5) is 0. The van der Waals surface area contributed by atoms with Gasteiger partial charge >= 0.3 is 0 Å². The Morgan fingerprint density at radius 2 is 1.16 bits per heavy atom. The zero-order chi connectivity index (χ0) is 21.8. The second kappa shape index (κ2) is 9.49. The second-order valence-electron chi connectivity index (χ2n) is 7.56. The van der Waals surface area contributed by atoms with Crippen LogP contribution < -0.4 is 15.9 Å². The standard InChI is InChI=1S/C30H23PS/c1-23(24-20-21-32-22-24)27-16-8-9-17-28(27)29-18-10-11-19-30(29)31(25-12-4-2-5-13-25)26-14-6-3-7-15-26/h2-22H,1H2. The van der Waals surface area contributed by atoms with Gasteiger partial charge in [0.2, 0.25) is 0 Å². The fourth-order valence-corrected chi connectivity index (χ4v) is 7.19. The fourth-order valence-electron chi connectivity index (χ4n) is 4.05. The van der Waals surface area contributed by atoms with Crippen molar-refractivity contribution in [3.8, 4) is 11.1 Å². The molecule has 0 saturated carbocycles. The third kappa shape index (κ3) is 4.10. The van der Waals surface area contributed by atoms with E-state index >= 15 is 0 Å². The van der Waals surface area contributed by atoms with Gasteiger partial charge in [-0.2, -0.15) is 11.3 Å². The van der Waals surface area contributed by atoms with Crippen LogP contribution in [-0.2, 0) is 0 Å². The van der Waals surface area contributed by atoms with Crippen molar-refractivity contribution < 1.29 is 0 Å². The Hall–Kier alpha value is -3.25. The summed E-state index contributed by atoms with van der Waals surface area (Å²) in [7, 11) is -0.695. The molecule has 0 amide bonds. The van der Waals surface area contributed by atoms with Crippen LogP contribution in [0, 0.1) is 0 Å². The molecule has 0 aliphatic rings. The highest BCUT2D eigenvalue weighted by Crippen LogP contribution is 2.39. The molecule has 2 heteroatoms. The molecule has 0 atom stereocenters. The molecule has 0 aliphatic carbocycles. The van der Waals surface area contributed by atoms with E-state index in [1.54, 1.807) is 11.3 Å². The third-order valence-electron chi connectivity index (χ3n) is 5.59. The van der Waals surface area contributed by atoms with Crippen LogP contribution >= 0.6 is 19.3 Å². The molecule has 5 aromatic rings. The van der Waals surface area contributed by atoms with E-state index in [4.69, 9.17) is 0 Å². The lowest BCUT2D eigenvalue weighted by atomic mass is 9.93. The van der Waals surface area contributed by atoms with Gasteiger partial charge in [0.15, 0.2) is 0 Å². The van der Waals surface area contributed by atoms with Crippen LogP contribution in [0.15, 0.2) is 133 Å². The van der Waals surface area contributed by atoms with Gasteiger partial charge in [-0.25, -0.2) is 0 Å². The van der Waals surface area contributed by atoms with Crippen molar-refractivity contribution in [2.75, 3.05) is 0 Å². The molecule has 0 radical (unpaired) electrons. The van der Waals surface area contributed by atoms with Crippen LogP contribution in [0.5, 0.6) is 0 Å². The minimum Gasteiger partial charge on any atom is -0.152 e. The number of benzene rings is 4. The molecule has 0 saturated heterocycles. The molecule has 4 aromatic carbocycles. The fraction of sp³-hybridized carbons (Fsp3) is 0. The Morgan fingerprint density at radius 1 is 0.594 bits per heavy atom. The Morgan fingerprint density at radius 3 is 1.78 bits per heavy atom. The molecule has 0 fully saturated rings. The minimum atomic E-state index is -0.695. The van der Waals surface area contributed by atoms with E-state index < -0.39 is 7.92 Å². The van der Waals surface area contributed by atoms with Crippen molar-refractivity contribution >= 4 is 40.7 Å². The first kappa shape index (κ1) is 20.6. The summed E-state index contributed by atoms with van der Waals surface area (Å²) in [6.45, 7) is 4.46. The molecule has 154 valence electrons. The van der Waals surface area contributed by atoms with Gasteiger partial charge in [0.1, 0.15) is 0 Å². The summed E-state index contributed by atoms with van der Waals surface area (Å²) in [5.41, 5.74) is 5.96. The summed E-state index contributed by atoms with van der Waals surface area (Å²) in [5, 5.41) is 8.36. The van der Waals surface area contributed by atoms with Crippen molar-refractivity contribution in [3.05, 3.63) is 144 Å². The Balaban J connectivity index is 1.71. The Labute approximate surface area is 195 Å². The minimum absolute atomic E-state index is 0.695. The molecule has 0 nitrogen and oxygen atoms in total. The summed E-state index contributed by atoms with van der Waals surface area (Å²) < 4.78 is 0. The predicted octanol–water partition coefficient (Wildman–Crippen LogP) is 7.23. The highest BCUT2D eigenvalue weighted by atomic mass is 32.1. The SMILES string of the molecule is C=C(c1ccsc1)c1ccccc1-c1ccccc1P(c1ccccc1)c1ccccc1.